The Hall–Kier alpha value is -3.00. The number of nitrogens with one attached hydrogen (secondary N) is 4. The van der Waals surface area contributed by atoms with E-state index in [1.807, 2.05) is 12.1 Å². The lowest BCUT2D eigenvalue weighted by atomic mass is 10.2. The van der Waals surface area contributed by atoms with E-state index >= 15 is 0 Å². The minimum Gasteiger partial charge on any atom is -0.359 e. The number of H-pyrrole nitrogens is 3. The van der Waals surface area contributed by atoms with Crippen molar-refractivity contribution < 1.29 is 8.42 Å². The normalized spacial score (nSPS) is 12.0. The van der Waals surface area contributed by atoms with Gasteiger partial charge in [-0.1, -0.05) is 12.1 Å². The van der Waals surface area contributed by atoms with Crippen LogP contribution in [0.2, 0.25) is 0 Å². The molecule has 4 N–H and O–H groups in total. The van der Waals surface area contributed by atoms with Gasteiger partial charge >= 0.3 is 5.69 Å². The topological polar surface area (TPSA) is 111 Å². The molecule has 0 atom stereocenters. The maximum atomic E-state index is 12.6. The van der Waals surface area contributed by atoms with Crippen LogP contribution in [0.5, 0.6) is 0 Å². The monoisotopic (exact) mass is 328 g/mol. The minimum absolute atomic E-state index is 0.0730. The molecule has 0 bridgehead atoms. The van der Waals surface area contributed by atoms with Gasteiger partial charge in [-0.05, 0) is 30.3 Å². The first-order valence-corrected chi connectivity index (χ1v) is 8.32. The highest BCUT2D eigenvalue weighted by Crippen LogP contribution is 2.25. The van der Waals surface area contributed by atoms with Gasteiger partial charge < -0.3 is 15.0 Å². The van der Waals surface area contributed by atoms with Crippen molar-refractivity contribution in [3.05, 3.63) is 59.1 Å². The van der Waals surface area contributed by atoms with E-state index in [9.17, 15) is 13.2 Å². The van der Waals surface area contributed by atoms with Crippen molar-refractivity contribution >= 4 is 37.6 Å². The first-order valence-electron chi connectivity index (χ1n) is 6.84. The zero-order valence-electron chi connectivity index (χ0n) is 11.8. The van der Waals surface area contributed by atoms with Crippen molar-refractivity contribution in [1.82, 2.24) is 15.0 Å². The fourth-order valence-corrected chi connectivity index (χ4v) is 3.65. The van der Waals surface area contributed by atoms with Crippen LogP contribution in [0.1, 0.15) is 0 Å². The number of fused-ring (bicyclic) bond motifs is 2. The molecule has 2 heterocycles. The molecule has 2 aromatic carbocycles. The van der Waals surface area contributed by atoms with Crippen LogP contribution >= 0.6 is 0 Å². The van der Waals surface area contributed by atoms with Gasteiger partial charge in [-0.3, -0.25) is 4.72 Å². The van der Waals surface area contributed by atoms with Crippen LogP contribution < -0.4 is 10.4 Å². The molecule has 23 heavy (non-hydrogen) atoms. The molecule has 0 aliphatic heterocycles. The van der Waals surface area contributed by atoms with Gasteiger partial charge in [0.05, 0.1) is 27.1 Å². The molecule has 0 spiro atoms. The predicted molar refractivity (Wildman–Crippen MR) is 88.0 cm³/mol. The third kappa shape index (κ3) is 2.29. The standard InChI is InChI=1S/C15H12N4O3S/c20-15-17-11-5-4-10(8-13(11)18-15)23(21,22)19-12-3-1-2-9-6-7-16-14(9)12/h1-8,16,19H,(H2,17,18,20). The van der Waals surface area contributed by atoms with Gasteiger partial charge in [-0.2, -0.15) is 0 Å². The first kappa shape index (κ1) is 13.6. The van der Waals surface area contributed by atoms with Gasteiger partial charge in [0.15, 0.2) is 0 Å². The molecule has 0 fully saturated rings. The average molecular weight is 328 g/mol. The summed E-state index contributed by atoms with van der Waals surface area (Å²) < 4.78 is 27.8. The van der Waals surface area contributed by atoms with E-state index in [1.54, 1.807) is 24.4 Å². The van der Waals surface area contributed by atoms with Crippen LogP contribution in [0.25, 0.3) is 21.9 Å². The van der Waals surface area contributed by atoms with E-state index in [0.29, 0.717) is 22.2 Å². The fourth-order valence-electron chi connectivity index (χ4n) is 2.55. The zero-order valence-corrected chi connectivity index (χ0v) is 12.6. The third-order valence-electron chi connectivity index (χ3n) is 3.63. The predicted octanol–water partition coefficient (Wildman–Crippen LogP) is 2.14. The number of rotatable bonds is 3. The first-order chi connectivity index (χ1) is 11.0. The van der Waals surface area contributed by atoms with Crippen molar-refractivity contribution in [2.75, 3.05) is 4.72 Å². The molecule has 0 unspecified atom stereocenters. The summed E-state index contributed by atoms with van der Waals surface area (Å²) in [6.45, 7) is 0. The number of hydrogen-bond donors (Lipinski definition) is 4. The Bertz CT molecular complexity index is 1180. The van der Waals surface area contributed by atoms with Crippen molar-refractivity contribution in [1.29, 1.82) is 0 Å². The van der Waals surface area contributed by atoms with Crippen LogP contribution in [0.4, 0.5) is 5.69 Å². The minimum atomic E-state index is -3.77. The molecule has 4 rings (SSSR count). The second kappa shape index (κ2) is 4.75. The summed E-state index contributed by atoms with van der Waals surface area (Å²) in [5.74, 6) is 0. The molecule has 8 heteroatoms. The lowest BCUT2D eigenvalue weighted by Gasteiger charge is -2.09. The van der Waals surface area contributed by atoms with Crippen molar-refractivity contribution in [3.8, 4) is 0 Å². The van der Waals surface area contributed by atoms with Gasteiger partial charge in [0.2, 0.25) is 0 Å². The smallest absolute Gasteiger partial charge is 0.323 e. The second-order valence-corrected chi connectivity index (χ2v) is 6.82. The molecule has 0 aliphatic carbocycles. The molecule has 0 saturated heterocycles. The van der Waals surface area contributed by atoms with Crippen LogP contribution in [-0.2, 0) is 10.0 Å². The highest BCUT2D eigenvalue weighted by molar-refractivity contribution is 7.92. The molecule has 0 amide bonds. The van der Waals surface area contributed by atoms with Gasteiger partial charge in [0, 0.05) is 11.6 Å². The summed E-state index contributed by atoms with van der Waals surface area (Å²) in [6.07, 6.45) is 1.75. The lowest BCUT2D eigenvalue weighted by Crippen LogP contribution is -2.13. The maximum Gasteiger partial charge on any atom is 0.323 e. The van der Waals surface area contributed by atoms with Crippen LogP contribution in [0.3, 0.4) is 0 Å². The molecule has 0 radical (unpaired) electrons. The van der Waals surface area contributed by atoms with E-state index in [1.165, 1.54) is 12.1 Å². The number of aromatic nitrogens is 3. The largest absolute Gasteiger partial charge is 0.359 e. The number of para-hydroxylation sites is 1. The molecule has 7 nitrogen and oxygen atoms in total. The van der Waals surface area contributed by atoms with E-state index in [0.717, 1.165) is 5.39 Å². The fraction of sp³-hybridized carbons (Fsp3) is 0. The SMILES string of the molecule is O=c1[nH]c2ccc(S(=O)(=O)Nc3cccc4cc[nH]c34)cc2[nH]1. The number of hydrogen-bond acceptors (Lipinski definition) is 3. The molecule has 0 saturated carbocycles. The molecule has 2 aromatic heterocycles. The molecular formula is C15H12N4O3S. The summed E-state index contributed by atoms with van der Waals surface area (Å²) in [6, 6.07) is 11.6. The summed E-state index contributed by atoms with van der Waals surface area (Å²) in [4.78, 5) is 19.5. The number of aromatic amines is 3. The Kier molecular flexibility index (Phi) is 2.82. The summed E-state index contributed by atoms with van der Waals surface area (Å²) in [5, 5.41) is 0.913. The summed E-state index contributed by atoms with van der Waals surface area (Å²) >= 11 is 0. The highest BCUT2D eigenvalue weighted by atomic mass is 32.2. The summed E-state index contributed by atoms with van der Waals surface area (Å²) in [7, 11) is -3.77. The number of sulfonamides is 1. The van der Waals surface area contributed by atoms with Crippen molar-refractivity contribution in [2.45, 2.75) is 4.90 Å². The van der Waals surface area contributed by atoms with E-state index < -0.39 is 10.0 Å². The number of imidazole rings is 1. The van der Waals surface area contributed by atoms with E-state index in [2.05, 4.69) is 19.7 Å². The quantitative estimate of drug-likeness (QED) is 0.462. The summed E-state index contributed by atoms with van der Waals surface area (Å²) in [5.41, 5.74) is 1.80. The van der Waals surface area contributed by atoms with Crippen LogP contribution in [-0.4, -0.2) is 23.4 Å². The lowest BCUT2D eigenvalue weighted by molar-refractivity contribution is 0.601. The molecule has 4 aromatic rings. The van der Waals surface area contributed by atoms with Crippen LogP contribution in [0.15, 0.2) is 58.4 Å². The zero-order chi connectivity index (χ0) is 16.0. The number of benzene rings is 2. The van der Waals surface area contributed by atoms with Crippen LogP contribution in [0, 0.1) is 0 Å². The Labute approximate surface area is 130 Å². The van der Waals surface area contributed by atoms with Gasteiger partial charge in [0.1, 0.15) is 0 Å². The van der Waals surface area contributed by atoms with Crippen molar-refractivity contribution in [3.63, 3.8) is 0 Å². The number of anilines is 1. The highest BCUT2D eigenvalue weighted by Gasteiger charge is 2.17. The average Bonchev–Trinajstić information content (AvgIpc) is 3.11. The Morgan fingerprint density at radius 1 is 0.957 bits per heavy atom. The second-order valence-electron chi connectivity index (χ2n) is 5.14. The van der Waals surface area contributed by atoms with Gasteiger partial charge in [-0.15, -0.1) is 0 Å². The van der Waals surface area contributed by atoms with Gasteiger partial charge in [-0.25, -0.2) is 13.2 Å². The molecule has 0 aliphatic rings. The molecular weight excluding hydrogens is 316 g/mol. The van der Waals surface area contributed by atoms with Crippen molar-refractivity contribution in [2.24, 2.45) is 0 Å². The third-order valence-corrected chi connectivity index (χ3v) is 4.99. The Morgan fingerprint density at radius 3 is 2.65 bits per heavy atom. The van der Waals surface area contributed by atoms with E-state index in [4.69, 9.17) is 0 Å². The van der Waals surface area contributed by atoms with E-state index in [-0.39, 0.29) is 10.6 Å². The maximum absolute atomic E-state index is 12.6. The Balaban J connectivity index is 1.79. The van der Waals surface area contributed by atoms with Gasteiger partial charge in [0.25, 0.3) is 10.0 Å². The molecule has 116 valence electrons. The Morgan fingerprint density at radius 2 is 1.78 bits per heavy atom.